The molecule has 6 heteroatoms. The van der Waals surface area contributed by atoms with Crippen LogP contribution < -0.4 is 14.8 Å². The Morgan fingerprint density at radius 3 is 2.85 bits per heavy atom. The predicted molar refractivity (Wildman–Crippen MR) is 105 cm³/mol. The van der Waals surface area contributed by atoms with Crippen molar-refractivity contribution in [1.82, 2.24) is 15.3 Å². The standard InChI is InChI=1S/C20H24ClN3O2/c1-3-10-26-20-15(21)11-14(12-18(20)25-2)13-22-9-8-19-23-16-6-4-5-7-17(16)24-19/h4-7,11-12,22H,3,8-10,13H2,1-2H3,(H,23,24). The second-order valence-electron chi connectivity index (χ2n) is 6.08. The highest BCUT2D eigenvalue weighted by Gasteiger charge is 2.12. The maximum Gasteiger partial charge on any atom is 0.179 e. The van der Waals surface area contributed by atoms with Crippen LogP contribution in [0.2, 0.25) is 5.02 Å². The summed E-state index contributed by atoms with van der Waals surface area (Å²) >= 11 is 6.36. The molecule has 2 N–H and O–H groups in total. The fourth-order valence-corrected chi connectivity index (χ4v) is 3.07. The Labute approximate surface area is 158 Å². The first-order valence-corrected chi connectivity index (χ1v) is 9.22. The summed E-state index contributed by atoms with van der Waals surface area (Å²) in [5.74, 6) is 2.26. The van der Waals surface area contributed by atoms with Crippen LogP contribution in [0, 0.1) is 0 Å². The van der Waals surface area contributed by atoms with Crippen molar-refractivity contribution in [1.29, 1.82) is 0 Å². The maximum atomic E-state index is 6.36. The summed E-state index contributed by atoms with van der Waals surface area (Å²) in [7, 11) is 1.63. The Bertz CT molecular complexity index is 830. The second kappa shape index (κ2) is 8.92. The van der Waals surface area contributed by atoms with E-state index in [1.54, 1.807) is 7.11 Å². The first kappa shape index (κ1) is 18.5. The van der Waals surface area contributed by atoms with Crippen molar-refractivity contribution in [2.45, 2.75) is 26.3 Å². The monoisotopic (exact) mass is 373 g/mol. The van der Waals surface area contributed by atoms with Gasteiger partial charge in [-0.2, -0.15) is 0 Å². The van der Waals surface area contributed by atoms with Gasteiger partial charge in [-0.15, -0.1) is 0 Å². The average Bonchev–Trinajstić information content (AvgIpc) is 3.07. The molecule has 0 bridgehead atoms. The molecule has 0 saturated heterocycles. The molecule has 1 heterocycles. The molecule has 26 heavy (non-hydrogen) atoms. The molecule has 138 valence electrons. The van der Waals surface area contributed by atoms with Gasteiger partial charge in [0.25, 0.3) is 0 Å². The van der Waals surface area contributed by atoms with Crippen molar-refractivity contribution < 1.29 is 9.47 Å². The lowest BCUT2D eigenvalue weighted by atomic mass is 10.2. The number of aromatic amines is 1. The number of ether oxygens (including phenoxy) is 2. The summed E-state index contributed by atoms with van der Waals surface area (Å²) in [5.41, 5.74) is 3.13. The molecule has 2 aromatic carbocycles. The molecule has 0 amide bonds. The molecule has 0 spiro atoms. The minimum atomic E-state index is 0.576. The van der Waals surface area contributed by atoms with Gasteiger partial charge in [-0.05, 0) is 36.2 Å². The molecular weight excluding hydrogens is 350 g/mol. The van der Waals surface area contributed by atoms with Crippen LogP contribution in [0.1, 0.15) is 24.7 Å². The Balaban J connectivity index is 1.56. The van der Waals surface area contributed by atoms with Crippen molar-refractivity contribution >= 4 is 22.6 Å². The third-order valence-corrected chi connectivity index (χ3v) is 4.33. The molecular formula is C20H24ClN3O2. The van der Waals surface area contributed by atoms with Gasteiger partial charge in [0.15, 0.2) is 11.5 Å². The van der Waals surface area contributed by atoms with E-state index in [-0.39, 0.29) is 0 Å². The second-order valence-corrected chi connectivity index (χ2v) is 6.49. The van der Waals surface area contributed by atoms with E-state index in [0.29, 0.717) is 29.7 Å². The Hall–Kier alpha value is -2.24. The summed E-state index contributed by atoms with van der Waals surface area (Å²) < 4.78 is 11.1. The number of aromatic nitrogens is 2. The number of nitrogens with one attached hydrogen (secondary N) is 2. The van der Waals surface area contributed by atoms with Crippen molar-refractivity contribution in [2.75, 3.05) is 20.3 Å². The first-order valence-electron chi connectivity index (χ1n) is 8.84. The minimum absolute atomic E-state index is 0.576. The van der Waals surface area contributed by atoms with E-state index in [9.17, 15) is 0 Å². The lowest BCUT2D eigenvalue weighted by Gasteiger charge is -2.14. The lowest BCUT2D eigenvalue weighted by Crippen LogP contribution is -2.17. The van der Waals surface area contributed by atoms with Crippen molar-refractivity contribution in [2.24, 2.45) is 0 Å². The van der Waals surface area contributed by atoms with Crippen LogP contribution >= 0.6 is 11.6 Å². The third kappa shape index (κ3) is 4.48. The van der Waals surface area contributed by atoms with Crippen LogP contribution in [0.15, 0.2) is 36.4 Å². The number of hydrogen-bond donors (Lipinski definition) is 2. The minimum Gasteiger partial charge on any atom is -0.493 e. The number of imidazole rings is 1. The van der Waals surface area contributed by atoms with E-state index in [2.05, 4.69) is 22.2 Å². The van der Waals surface area contributed by atoms with Gasteiger partial charge in [0, 0.05) is 19.5 Å². The van der Waals surface area contributed by atoms with Crippen molar-refractivity contribution in [3.05, 3.63) is 52.8 Å². The normalized spacial score (nSPS) is 11.0. The van der Waals surface area contributed by atoms with Gasteiger partial charge in [-0.25, -0.2) is 4.98 Å². The summed E-state index contributed by atoms with van der Waals surface area (Å²) in [5, 5.41) is 4.00. The smallest absolute Gasteiger partial charge is 0.179 e. The molecule has 0 aliphatic heterocycles. The SMILES string of the molecule is CCCOc1c(Cl)cc(CNCCc2nc3ccccc3[nH]2)cc1OC. The van der Waals surface area contributed by atoms with Gasteiger partial charge in [0.05, 0.1) is 29.8 Å². The van der Waals surface area contributed by atoms with Crippen LogP contribution in [-0.2, 0) is 13.0 Å². The van der Waals surface area contributed by atoms with Crippen molar-refractivity contribution in [3.8, 4) is 11.5 Å². The number of nitrogens with zero attached hydrogens (tertiary/aromatic N) is 1. The van der Waals surface area contributed by atoms with Gasteiger partial charge in [-0.3, -0.25) is 0 Å². The van der Waals surface area contributed by atoms with Gasteiger partial charge in [0.1, 0.15) is 5.82 Å². The molecule has 0 fully saturated rings. The Kier molecular flexibility index (Phi) is 6.36. The number of methoxy groups -OCH3 is 1. The van der Waals surface area contributed by atoms with E-state index in [0.717, 1.165) is 41.8 Å². The number of benzene rings is 2. The quantitative estimate of drug-likeness (QED) is 0.547. The Morgan fingerprint density at radius 2 is 2.08 bits per heavy atom. The number of para-hydroxylation sites is 2. The fraction of sp³-hybridized carbons (Fsp3) is 0.350. The Morgan fingerprint density at radius 1 is 1.23 bits per heavy atom. The number of halogens is 1. The summed E-state index contributed by atoms with van der Waals surface area (Å²) in [6.07, 6.45) is 1.75. The van der Waals surface area contributed by atoms with Crippen LogP contribution in [0.4, 0.5) is 0 Å². The zero-order valence-corrected chi connectivity index (χ0v) is 15.9. The van der Waals surface area contributed by atoms with Crippen LogP contribution in [0.25, 0.3) is 11.0 Å². The highest BCUT2D eigenvalue weighted by Crippen LogP contribution is 2.36. The number of hydrogen-bond acceptors (Lipinski definition) is 4. The summed E-state index contributed by atoms with van der Waals surface area (Å²) in [6, 6.07) is 11.9. The highest BCUT2D eigenvalue weighted by molar-refractivity contribution is 6.32. The first-order chi connectivity index (χ1) is 12.7. The molecule has 0 unspecified atom stereocenters. The topological polar surface area (TPSA) is 59.2 Å². The average molecular weight is 374 g/mol. The van der Waals surface area contributed by atoms with Gasteiger partial charge < -0.3 is 19.8 Å². The molecule has 5 nitrogen and oxygen atoms in total. The highest BCUT2D eigenvalue weighted by atomic mass is 35.5. The fourth-order valence-electron chi connectivity index (χ4n) is 2.78. The number of H-pyrrole nitrogens is 1. The zero-order valence-electron chi connectivity index (χ0n) is 15.1. The molecule has 1 aromatic heterocycles. The van der Waals surface area contributed by atoms with Crippen LogP contribution in [0.5, 0.6) is 11.5 Å². The molecule has 0 atom stereocenters. The van der Waals surface area contributed by atoms with E-state index in [4.69, 9.17) is 21.1 Å². The zero-order chi connectivity index (χ0) is 18.4. The van der Waals surface area contributed by atoms with Gasteiger partial charge >= 0.3 is 0 Å². The van der Waals surface area contributed by atoms with Gasteiger partial charge in [-0.1, -0.05) is 30.7 Å². The lowest BCUT2D eigenvalue weighted by molar-refractivity contribution is 0.294. The molecule has 3 rings (SSSR count). The molecule has 0 aliphatic rings. The number of fused-ring (bicyclic) bond motifs is 1. The number of rotatable bonds is 9. The largest absolute Gasteiger partial charge is 0.493 e. The van der Waals surface area contributed by atoms with Crippen LogP contribution in [-0.4, -0.2) is 30.2 Å². The van der Waals surface area contributed by atoms with Crippen LogP contribution in [0.3, 0.4) is 0 Å². The van der Waals surface area contributed by atoms with Crippen molar-refractivity contribution in [3.63, 3.8) is 0 Å². The van der Waals surface area contributed by atoms with E-state index in [1.807, 2.05) is 36.4 Å². The molecule has 3 aromatic rings. The van der Waals surface area contributed by atoms with E-state index < -0.39 is 0 Å². The summed E-state index contributed by atoms with van der Waals surface area (Å²) in [6.45, 7) is 4.18. The molecule has 0 aliphatic carbocycles. The molecule has 0 radical (unpaired) electrons. The van der Waals surface area contributed by atoms with E-state index >= 15 is 0 Å². The van der Waals surface area contributed by atoms with Gasteiger partial charge in [0.2, 0.25) is 0 Å². The summed E-state index contributed by atoms with van der Waals surface area (Å²) in [4.78, 5) is 7.93. The van der Waals surface area contributed by atoms with E-state index in [1.165, 1.54) is 0 Å². The maximum absolute atomic E-state index is 6.36. The third-order valence-electron chi connectivity index (χ3n) is 4.05. The predicted octanol–water partition coefficient (Wildman–Crippen LogP) is 4.35. The molecule has 0 saturated carbocycles.